The Hall–Kier alpha value is -3.00. The zero-order valence-corrected chi connectivity index (χ0v) is 18.1. The van der Waals surface area contributed by atoms with E-state index in [2.05, 4.69) is 15.3 Å². The molecule has 30 heavy (non-hydrogen) atoms. The van der Waals surface area contributed by atoms with Crippen molar-refractivity contribution in [2.75, 3.05) is 18.4 Å². The number of furan rings is 1. The highest BCUT2D eigenvalue weighted by atomic mass is 32.1. The van der Waals surface area contributed by atoms with E-state index < -0.39 is 0 Å². The fourth-order valence-corrected chi connectivity index (χ4v) is 4.50. The quantitative estimate of drug-likeness (QED) is 0.678. The van der Waals surface area contributed by atoms with Gasteiger partial charge in [-0.3, -0.25) is 9.59 Å². The predicted molar refractivity (Wildman–Crippen MR) is 116 cm³/mol. The molecule has 4 heterocycles. The molecule has 156 valence electrons. The lowest BCUT2D eigenvalue weighted by atomic mass is 9.95. The van der Waals surface area contributed by atoms with Gasteiger partial charge in [-0.1, -0.05) is 6.07 Å². The first-order valence-electron chi connectivity index (χ1n) is 9.98. The molecule has 0 aromatic carbocycles. The highest BCUT2D eigenvalue weighted by Crippen LogP contribution is 2.31. The monoisotopic (exact) mass is 424 g/mol. The van der Waals surface area contributed by atoms with Gasteiger partial charge in [0.2, 0.25) is 5.91 Å². The minimum atomic E-state index is -0.124. The number of hydrogen-bond donors (Lipinski definition) is 1. The van der Waals surface area contributed by atoms with Gasteiger partial charge in [0.05, 0.1) is 5.69 Å². The summed E-state index contributed by atoms with van der Waals surface area (Å²) in [5, 5.41) is 3.59. The van der Waals surface area contributed by atoms with Crippen molar-refractivity contribution in [2.45, 2.75) is 33.6 Å². The standard InChI is InChI=1S/C22H24N4O3S/c1-13-4-7-18(23-12-13)25-20(27)16-8-10-26(11-9-16)22(28)19-15(3)24-21(30-19)17-6-5-14(2)29-17/h4-7,12,16H,8-11H2,1-3H3,(H,23,25,27). The first-order chi connectivity index (χ1) is 14.4. The number of rotatable bonds is 4. The van der Waals surface area contributed by atoms with Crippen LogP contribution in [0.2, 0.25) is 0 Å². The Balaban J connectivity index is 1.37. The Labute approximate surface area is 179 Å². The summed E-state index contributed by atoms with van der Waals surface area (Å²) in [6.45, 7) is 6.77. The van der Waals surface area contributed by atoms with E-state index in [4.69, 9.17) is 4.42 Å². The maximum atomic E-state index is 13.0. The first-order valence-corrected chi connectivity index (χ1v) is 10.8. The predicted octanol–water partition coefficient (Wildman–Crippen LogP) is 4.21. The Kier molecular flexibility index (Phi) is 5.67. The molecule has 4 rings (SSSR count). The Morgan fingerprint density at radius 3 is 2.53 bits per heavy atom. The molecule has 0 atom stereocenters. The number of carbonyl (C=O) groups excluding carboxylic acids is 2. The van der Waals surface area contributed by atoms with Crippen molar-refractivity contribution in [1.29, 1.82) is 0 Å². The number of piperidine rings is 1. The molecule has 0 spiro atoms. The summed E-state index contributed by atoms with van der Waals surface area (Å²) < 4.78 is 5.63. The lowest BCUT2D eigenvalue weighted by molar-refractivity contribution is -0.121. The van der Waals surface area contributed by atoms with Crippen LogP contribution in [0.15, 0.2) is 34.9 Å². The third-order valence-electron chi connectivity index (χ3n) is 5.26. The van der Waals surface area contributed by atoms with Crippen LogP contribution in [-0.2, 0) is 4.79 Å². The Morgan fingerprint density at radius 1 is 1.13 bits per heavy atom. The van der Waals surface area contributed by atoms with E-state index in [-0.39, 0.29) is 17.7 Å². The topological polar surface area (TPSA) is 88.3 Å². The number of aryl methyl sites for hydroxylation is 3. The van der Waals surface area contributed by atoms with E-state index >= 15 is 0 Å². The molecule has 7 nitrogen and oxygen atoms in total. The number of nitrogens with one attached hydrogen (secondary N) is 1. The fraction of sp³-hybridized carbons (Fsp3) is 0.364. The maximum Gasteiger partial charge on any atom is 0.265 e. The molecule has 0 radical (unpaired) electrons. The van der Waals surface area contributed by atoms with Gasteiger partial charge in [-0.05, 0) is 57.4 Å². The fourth-order valence-electron chi connectivity index (χ4n) is 3.51. The number of pyridine rings is 1. The third kappa shape index (κ3) is 4.28. The SMILES string of the molecule is Cc1ccc(NC(=O)C2CCN(C(=O)c3sc(-c4ccc(C)o4)nc3C)CC2)nc1. The Bertz CT molecular complexity index is 1060. The van der Waals surface area contributed by atoms with Gasteiger partial charge < -0.3 is 14.6 Å². The molecule has 0 unspecified atom stereocenters. The maximum absolute atomic E-state index is 13.0. The normalized spacial score (nSPS) is 14.7. The zero-order valence-electron chi connectivity index (χ0n) is 17.3. The number of hydrogen-bond acceptors (Lipinski definition) is 6. The number of anilines is 1. The summed E-state index contributed by atoms with van der Waals surface area (Å²) in [4.78, 5) is 36.7. The number of carbonyl (C=O) groups is 2. The summed E-state index contributed by atoms with van der Waals surface area (Å²) >= 11 is 1.35. The molecule has 1 aliphatic heterocycles. The molecule has 1 saturated heterocycles. The Morgan fingerprint density at radius 2 is 1.90 bits per heavy atom. The van der Waals surface area contributed by atoms with Gasteiger partial charge in [-0.25, -0.2) is 9.97 Å². The molecular weight excluding hydrogens is 400 g/mol. The average molecular weight is 425 g/mol. The van der Waals surface area contributed by atoms with E-state index in [0.29, 0.717) is 53.1 Å². The van der Waals surface area contributed by atoms with E-state index in [0.717, 1.165) is 11.3 Å². The molecule has 1 N–H and O–H groups in total. The third-order valence-corrected chi connectivity index (χ3v) is 6.42. The summed E-state index contributed by atoms with van der Waals surface area (Å²) in [5.41, 5.74) is 1.75. The largest absolute Gasteiger partial charge is 0.459 e. The average Bonchev–Trinajstić information content (AvgIpc) is 3.35. The van der Waals surface area contributed by atoms with Gasteiger partial charge in [0, 0.05) is 25.2 Å². The second-order valence-electron chi connectivity index (χ2n) is 7.62. The number of aromatic nitrogens is 2. The molecule has 2 amide bonds. The van der Waals surface area contributed by atoms with Crippen LogP contribution >= 0.6 is 11.3 Å². The van der Waals surface area contributed by atoms with Crippen LogP contribution in [-0.4, -0.2) is 39.8 Å². The molecule has 1 fully saturated rings. The van der Waals surface area contributed by atoms with Crippen LogP contribution in [0.1, 0.15) is 39.5 Å². The van der Waals surface area contributed by atoms with E-state index in [1.54, 1.807) is 12.3 Å². The van der Waals surface area contributed by atoms with Gasteiger partial charge in [-0.2, -0.15) is 0 Å². The van der Waals surface area contributed by atoms with Crippen molar-refractivity contribution >= 4 is 29.0 Å². The van der Waals surface area contributed by atoms with Crippen molar-refractivity contribution in [2.24, 2.45) is 5.92 Å². The van der Waals surface area contributed by atoms with Crippen LogP contribution in [0, 0.1) is 26.7 Å². The summed E-state index contributed by atoms with van der Waals surface area (Å²) in [5.74, 6) is 1.86. The summed E-state index contributed by atoms with van der Waals surface area (Å²) in [6.07, 6.45) is 2.99. The summed E-state index contributed by atoms with van der Waals surface area (Å²) in [7, 11) is 0. The van der Waals surface area contributed by atoms with Gasteiger partial charge >= 0.3 is 0 Å². The number of amides is 2. The smallest absolute Gasteiger partial charge is 0.265 e. The molecule has 8 heteroatoms. The molecule has 3 aromatic heterocycles. The van der Waals surface area contributed by atoms with Crippen LogP contribution < -0.4 is 5.32 Å². The van der Waals surface area contributed by atoms with Crippen molar-refractivity contribution in [3.8, 4) is 10.8 Å². The van der Waals surface area contributed by atoms with Crippen LogP contribution in [0.3, 0.4) is 0 Å². The van der Waals surface area contributed by atoms with Crippen LogP contribution in [0.4, 0.5) is 5.82 Å². The number of nitrogens with zero attached hydrogens (tertiary/aromatic N) is 3. The zero-order chi connectivity index (χ0) is 21.3. The van der Waals surface area contributed by atoms with E-state index in [1.807, 2.05) is 43.9 Å². The minimum Gasteiger partial charge on any atom is -0.459 e. The number of thiazole rings is 1. The lowest BCUT2D eigenvalue weighted by Gasteiger charge is -2.31. The van der Waals surface area contributed by atoms with Gasteiger partial charge in [0.25, 0.3) is 5.91 Å². The highest BCUT2D eigenvalue weighted by molar-refractivity contribution is 7.17. The van der Waals surface area contributed by atoms with Crippen molar-refractivity contribution in [1.82, 2.24) is 14.9 Å². The minimum absolute atomic E-state index is 0.0291. The molecular formula is C22H24N4O3S. The van der Waals surface area contributed by atoms with Crippen LogP contribution in [0.5, 0.6) is 0 Å². The van der Waals surface area contributed by atoms with E-state index in [9.17, 15) is 9.59 Å². The summed E-state index contributed by atoms with van der Waals surface area (Å²) in [6, 6.07) is 7.47. The van der Waals surface area contributed by atoms with E-state index in [1.165, 1.54) is 11.3 Å². The second kappa shape index (κ2) is 8.39. The molecule has 0 bridgehead atoms. The van der Waals surface area contributed by atoms with Crippen molar-refractivity contribution < 1.29 is 14.0 Å². The molecule has 3 aromatic rings. The van der Waals surface area contributed by atoms with Crippen molar-refractivity contribution in [3.63, 3.8) is 0 Å². The van der Waals surface area contributed by atoms with Crippen LogP contribution in [0.25, 0.3) is 10.8 Å². The molecule has 1 aliphatic rings. The van der Waals surface area contributed by atoms with Gasteiger partial charge in [0.15, 0.2) is 10.8 Å². The van der Waals surface area contributed by atoms with Crippen molar-refractivity contribution in [3.05, 3.63) is 52.4 Å². The second-order valence-corrected chi connectivity index (χ2v) is 8.62. The van der Waals surface area contributed by atoms with Gasteiger partial charge in [-0.15, -0.1) is 11.3 Å². The molecule has 0 aliphatic carbocycles. The lowest BCUT2D eigenvalue weighted by Crippen LogP contribution is -2.41. The number of likely N-dealkylation sites (tertiary alicyclic amines) is 1. The molecule has 0 saturated carbocycles. The van der Waals surface area contributed by atoms with Gasteiger partial charge in [0.1, 0.15) is 16.5 Å². The highest BCUT2D eigenvalue weighted by Gasteiger charge is 2.30. The first kappa shape index (κ1) is 20.3.